The van der Waals surface area contributed by atoms with Gasteiger partial charge < -0.3 is 25.2 Å². The molecule has 1 unspecified atom stereocenters. The number of rotatable bonds is 6. The van der Waals surface area contributed by atoms with E-state index in [1.165, 1.54) is 14.2 Å². The van der Waals surface area contributed by atoms with Gasteiger partial charge in [0, 0.05) is 11.8 Å². The van der Waals surface area contributed by atoms with Crippen LogP contribution in [0.3, 0.4) is 0 Å². The van der Waals surface area contributed by atoms with Crippen LogP contribution in [0.2, 0.25) is 0 Å². The predicted molar refractivity (Wildman–Crippen MR) is 75.8 cm³/mol. The van der Waals surface area contributed by atoms with E-state index in [1.54, 1.807) is 18.2 Å². The van der Waals surface area contributed by atoms with E-state index < -0.39 is 18.0 Å². The lowest BCUT2D eigenvalue weighted by atomic mass is 10.2. The summed E-state index contributed by atoms with van der Waals surface area (Å²) < 4.78 is 10.2. The Bertz CT molecular complexity index is 542. The molecule has 0 saturated heterocycles. The summed E-state index contributed by atoms with van der Waals surface area (Å²) in [7, 11) is 3.01. The largest absolute Gasteiger partial charge is 0.493 e. The number of hydrogen-bond acceptors (Lipinski definition) is 4. The van der Waals surface area contributed by atoms with Crippen molar-refractivity contribution in [2.75, 3.05) is 19.5 Å². The highest BCUT2D eigenvalue weighted by molar-refractivity contribution is 5.92. The second-order valence-corrected chi connectivity index (χ2v) is 4.82. The molecule has 2 amide bonds. The summed E-state index contributed by atoms with van der Waals surface area (Å²) in [5.74, 6) is 0.0377. The van der Waals surface area contributed by atoms with Crippen molar-refractivity contribution in [2.45, 2.75) is 18.9 Å². The molecule has 1 saturated carbocycles. The summed E-state index contributed by atoms with van der Waals surface area (Å²) in [5, 5.41) is 14.1. The zero-order valence-corrected chi connectivity index (χ0v) is 11.9. The number of hydrogen-bond donors (Lipinski definition) is 3. The van der Waals surface area contributed by atoms with Crippen LogP contribution in [0.1, 0.15) is 12.8 Å². The van der Waals surface area contributed by atoms with Gasteiger partial charge >= 0.3 is 12.0 Å². The summed E-state index contributed by atoms with van der Waals surface area (Å²) in [6, 6.07) is 3.51. The molecule has 3 N–H and O–H groups in total. The summed E-state index contributed by atoms with van der Waals surface area (Å²) in [6.45, 7) is 0. The molecule has 7 heteroatoms. The number of amides is 2. The number of nitrogens with one attached hydrogen (secondary N) is 2. The number of aliphatic carboxylic acids is 1. The first-order chi connectivity index (χ1) is 10.0. The monoisotopic (exact) mass is 294 g/mol. The number of carboxylic acid groups (broad SMARTS) is 1. The zero-order chi connectivity index (χ0) is 15.4. The van der Waals surface area contributed by atoms with E-state index >= 15 is 0 Å². The first kappa shape index (κ1) is 15.0. The van der Waals surface area contributed by atoms with Crippen LogP contribution in [0.5, 0.6) is 11.5 Å². The molecule has 1 atom stereocenters. The van der Waals surface area contributed by atoms with Gasteiger partial charge in [-0.2, -0.15) is 0 Å². The number of carboxylic acids is 1. The van der Waals surface area contributed by atoms with Gasteiger partial charge in [0.15, 0.2) is 11.5 Å². The third kappa shape index (κ3) is 3.77. The van der Waals surface area contributed by atoms with Crippen molar-refractivity contribution < 1.29 is 24.2 Å². The Morgan fingerprint density at radius 3 is 2.43 bits per heavy atom. The average molecular weight is 294 g/mol. The summed E-state index contributed by atoms with van der Waals surface area (Å²) in [4.78, 5) is 22.9. The quantitative estimate of drug-likeness (QED) is 0.742. The van der Waals surface area contributed by atoms with E-state index in [2.05, 4.69) is 10.6 Å². The minimum atomic E-state index is -1.01. The Balaban J connectivity index is 2.00. The maximum absolute atomic E-state index is 11.9. The first-order valence-corrected chi connectivity index (χ1v) is 6.57. The average Bonchev–Trinajstić information content (AvgIpc) is 3.28. The molecular weight excluding hydrogens is 276 g/mol. The number of benzene rings is 1. The Kier molecular flexibility index (Phi) is 4.52. The smallest absolute Gasteiger partial charge is 0.326 e. The van der Waals surface area contributed by atoms with E-state index in [0.717, 1.165) is 12.8 Å². The Morgan fingerprint density at radius 1 is 1.24 bits per heavy atom. The van der Waals surface area contributed by atoms with Crippen LogP contribution in [0.15, 0.2) is 18.2 Å². The lowest BCUT2D eigenvalue weighted by molar-refractivity contribution is -0.139. The van der Waals surface area contributed by atoms with E-state index in [4.69, 9.17) is 14.6 Å². The van der Waals surface area contributed by atoms with Gasteiger partial charge in [0.05, 0.1) is 14.2 Å². The van der Waals surface area contributed by atoms with Crippen molar-refractivity contribution >= 4 is 17.7 Å². The van der Waals surface area contributed by atoms with Crippen LogP contribution in [-0.2, 0) is 4.79 Å². The lowest BCUT2D eigenvalue weighted by Crippen LogP contribution is -2.44. The molecule has 21 heavy (non-hydrogen) atoms. The number of ether oxygens (including phenoxy) is 2. The number of anilines is 1. The van der Waals surface area contributed by atoms with E-state index in [1.807, 2.05) is 0 Å². The minimum absolute atomic E-state index is 0.0265. The van der Waals surface area contributed by atoms with Gasteiger partial charge in [-0.1, -0.05) is 0 Å². The van der Waals surface area contributed by atoms with Crippen LogP contribution in [-0.4, -0.2) is 37.4 Å². The fraction of sp³-hybridized carbons (Fsp3) is 0.429. The molecule has 2 rings (SSSR count). The molecule has 0 aromatic heterocycles. The molecule has 0 heterocycles. The molecule has 0 spiro atoms. The van der Waals surface area contributed by atoms with Crippen LogP contribution in [0.25, 0.3) is 0 Å². The number of carbonyl (C=O) groups excluding carboxylic acids is 1. The van der Waals surface area contributed by atoms with Crippen molar-refractivity contribution in [1.82, 2.24) is 5.32 Å². The van der Waals surface area contributed by atoms with Gasteiger partial charge in [-0.15, -0.1) is 0 Å². The molecule has 1 fully saturated rings. The summed E-state index contributed by atoms with van der Waals surface area (Å²) in [6.07, 6.45) is 1.65. The van der Waals surface area contributed by atoms with Crippen molar-refractivity contribution in [2.24, 2.45) is 5.92 Å². The second-order valence-electron chi connectivity index (χ2n) is 4.82. The molecule has 1 aromatic carbocycles. The number of methoxy groups -OCH3 is 2. The fourth-order valence-corrected chi connectivity index (χ4v) is 2.03. The van der Waals surface area contributed by atoms with Crippen molar-refractivity contribution in [3.05, 3.63) is 18.2 Å². The van der Waals surface area contributed by atoms with Crippen molar-refractivity contribution in [3.8, 4) is 11.5 Å². The van der Waals surface area contributed by atoms with Gasteiger partial charge in [0.2, 0.25) is 0 Å². The van der Waals surface area contributed by atoms with Gasteiger partial charge in [0.1, 0.15) is 6.04 Å². The molecule has 0 bridgehead atoms. The standard InChI is InChI=1S/C14H18N2O5/c1-20-10-6-5-9(7-11(10)21-2)15-14(19)16-12(13(17)18)8-3-4-8/h5-8,12H,3-4H2,1-2H3,(H,17,18)(H2,15,16,19). The van der Waals surface area contributed by atoms with Gasteiger partial charge in [-0.05, 0) is 30.9 Å². The number of carbonyl (C=O) groups is 2. The normalized spacial score (nSPS) is 15.0. The van der Waals surface area contributed by atoms with Gasteiger partial charge in [-0.3, -0.25) is 0 Å². The third-order valence-electron chi connectivity index (χ3n) is 3.29. The Hall–Kier alpha value is -2.44. The highest BCUT2D eigenvalue weighted by Crippen LogP contribution is 2.33. The van der Waals surface area contributed by atoms with Crippen LogP contribution >= 0.6 is 0 Å². The third-order valence-corrected chi connectivity index (χ3v) is 3.29. The molecule has 1 aliphatic rings. The van der Waals surface area contributed by atoms with Crippen LogP contribution in [0.4, 0.5) is 10.5 Å². The van der Waals surface area contributed by atoms with Gasteiger partial charge in [-0.25, -0.2) is 9.59 Å². The van der Waals surface area contributed by atoms with E-state index in [0.29, 0.717) is 17.2 Å². The topological polar surface area (TPSA) is 96.9 Å². The summed E-state index contributed by atoms with van der Waals surface area (Å²) in [5.41, 5.74) is 0.491. The lowest BCUT2D eigenvalue weighted by Gasteiger charge is -2.15. The van der Waals surface area contributed by atoms with Crippen LogP contribution < -0.4 is 20.1 Å². The van der Waals surface area contributed by atoms with Gasteiger partial charge in [0.25, 0.3) is 0 Å². The van der Waals surface area contributed by atoms with Crippen LogP contribution in [0, 0.1) is 5.92 Å². The maximum atomic E-state index is 11.9. The molecular formula is C14H18N2O5. The fourth-order valence-electron chi connectivity index (χ4n) is 2.03. The van der Waals surface area contributed by atoms with Crippen molar-refractivity contribution in [3.63, 3.8) is 0 Å². The second kappa shape index (κ2) is 6.34. The van der Waals surface area contributed by atoms with E-state index in [9.17, 15) is 9.59 Å². The molecule has 0 aliphatic heterocycles. The molecule has 7 nitrogen and oxygen atoms in total. The van der Waals surface area contributed by atoms with Crippen molar-refractivity contribution in [1.29, 1.82) is 0 Å². The van der Waals surface area contributed by atoms with E-state index in [-0.39, 0.29) is 5.92 Å². The molecule has 0 radical (unpaired) electrons. The molecule has 1 aromatic rings. The molecule has 1 aliphatic carbocycles. The Morgan fingerprint density at radius 2 is 1.90 bits per heavy atom. The first-order valence-electron chi connectivity index (χ1n) is 6.57. The highest BCUT2D eigenvalue weighted by atomic mass is 16.5. The highest BCUT2D eigenvalue weighted by Gasteiger charge is 2.37. The maximum Gasteiger partial charge on any atom is 0.326 e. The zero-order valence-electron chi connectivity index (χ0n) is 11.9. The number of urea groups is 1. The SMILES string of the molecule is COc1ccc(NC(=O)NC(C(=O)O)C2CC2)cc1OC. The molecule has 114 valence electrons. The Labute approximate surface area is 122 Å². The summed E-state index contributed by atoms with van der Waals surface area (Å²) >= 11 is 0. The minimum Gasteiger partial charge on any atom is -0.493 e. The predicted octanol–water partition coefficient (Wildman–Crippen LogP) is 1.69.